The molecule has 0 heterocycles. The van der Waals surface area contributed by atoms with Crippen LogP contribution in [-0.2, 0) is 4.43 Å². The summed E-state index contributed by atoms with van der Waals surface area (Å²) in [4.78, 5) is 0. The summed E-state index contributed by atoms with van der Waals surface area (Å²) in [5.74, 6) is 3.42. The lowest BCUT2D eigenvalue weighted by Crippen LogP contribution is -2.46. The summed E-state index contributed by atoms with van der Waals surface area (Å²) in [6.45, 7) is 27.8. The lowest BCUT2D eigenvalue weighted by atomic mass is 9.61. The van der Waals surface area contributed by atoms with E-state index in [1.165, 1.54) is 37.7 Å². The van der Waals surface area contributed by atoms with Crippen molar-refractivity contribution in [1.29, 1.82) is 0 Å². The quantitative estimate of drug-likeness (QED) is 0.264. The van der Waals surface area contributed by atoms with Gasteiger partial charge in [0.2, 0.25) is 0 Å². The van der Waals surface area contributed by atoms with Crippen molar-refractivity contribution in [2.24, 2.45) is 35.0 Å². The fourth-order valence-corrected chi connectivity index (χ4v) is 8.35. The standard InChI is InChI=1S/C34H58O2Si/c1-23(2)24(3)14-15-25(4)30-18-19-31-27(13-12-20-34(30,31)9)16-17-28-21-29(22-32(35)26(28)5)36-37(10,11)33(6,7)8/h14-17,23-25,29-32,35H,5,12-13,18-22H2,1-4,6-11H3/b15-14+,27-16+,28-17+/t24-,25+,29+,30+,31-,32?,34+/m0/s1. The molecule has 3 rings (SSSR count). The van der Waals surface area contributed by atoms with Crippen LogP contribution in [0.15, 0.2) is 47.6 Å². The highest BCUT2D eigenvalue weighted by Gasteiger charge is 2.50. The van der Waals surface area contributed by atoms with Gasteiger partial charge in [0.1, 0.15) is 0 Å². The van der Waals surface area contributed by atoms with Gasteiger partial charge in [-0.15, -0.1) is 0 Å². The van der Waals surface area contributed by atoms with Crippen LogP contribution >= 0.6 is 0 Å². The van der Waals surface area contributed by atoms with E-state index in [2.05, 4.69) is 99.4 Å². The zero-order chi connectivity index (χ0) is 27.8. The van der Waals surface area contributed by atoms with E-state index in [9.17, 15) is 5.11 Å². The zero-order valence-electron chi connectivity index (χ0n) is 25.9. The lowest BCUT2D eigenvalue weighted by Gasteiger charge is -2.44. The van der Waals surface area contributed by atoms with Crippen LogP contribution in [0, 0.1) is 35.0 Å². The van der Waals surface area contributed by atoms with Gasteiger partial charge in [-0.1, -0.05) is 91.8 Å². The Bertz CT molecular complexity index is 901. The van der Waals surface area contributed by atoms with Gasteiger partial charge in [0, 0.05) is 6.42 Å². The second kappa shape index (κ2) is 11.7. The molecular weight excluding hydrogens is 468 g/mol. The van der Waals surface area contributed by atoms with E-state index in [0.29, 0.717) is 35.5 Å². The Kier molecular flexibility index (Phi) is 9.67. The minimum atomic E-state index is -1.88. The molecule has 0 aliphatic heterocycles. The van der Waals surface area contributed by atoms with Crippen molar-refractivity contribution in [2.45, 2.75) is 131 Å². The summed E-state index contributed by atoms with van der Waals surface area (Å²) in [5, 5.41) is 11.0. The van der Waals surface area contributed by atoms with Gasteiger partial charge in [-0.2, -0.15) is 0 Å². The second-order valence-corrected chi connectivity index (χ2v) is 19.6. The van der Waals surface area contributed by atoms with Crippen molar-refractivity contribution in [1.82, 2.24) is 0 Å². The van der Waals surface area contributed by atoms with Gasteiger partial charge >= 0.3 is 0 Å². The van der Waals surface area contributed by atoms with E-state index in [1.807, 2.05) is 0 Å². The summed E-state index contributed by atoms with van der Waals surface area (Å²) >= 11 is 0. The van der Waals surface area contributed by atoms with Crippen molar-refractivity contribution < 1.29 is 9.53 Å². The second-order valence-electron chi connectivity index (χ2n) is 14.9. The van der Waals surface area contributed by atoms with Gasteiger partial charge < -0.3 is 9.53 Å². The Morgan fingerprint density at radius 3 is 2.38 bits per heavy atom. The van der Waals surface area contributed by atoms with Crippen molar-refractivity contribution >= 4 is 8.32 Å². The summed E-state index contributed by atoms with van der Waals surface area (Å²) in [7, 11) is -1.88. The first-order chi connectivity index (χ1) is 17.1. The average molecular weight is 527 g/mol. The summed E-state index contributed by atoms with van der Waals surface area (Å²) in [6.07, 6.45) is 17.3. The van der Waals surface area contributed by atoms with Crippen LogP contribution in [0.2, 0.25) is 18.1 Å². The smallest absolute Gasteiger partial charge is 0.192 e. The predicted octanol–water partition coefficient (Wildman–Crippen LogP) is 9.64. The molecule has 3 aliphatic rings. The Morgan fingerprint density at radius 2 is 1.76 bits per heavy atom. The third kappa shape index (κ3) is 6.82. The highest BCUT2D eigenvalue weighted by atomic mass is 28.4. The summed E-state index contributed by atoms with van der Waals surface area (Å²) < 4.78 is 6.73. The Morgan fingerprint density at radius 1 is 1.08 bits per heavy atom. The monoisotopic (exact) mass is 526 g/mol. The van der Waals surface area contributed by atoms with Crippen LogP contribution in [0.3, 0.4) is 0 Å². The van der Waals surface area contributed by atoms with Crippen LogP contribution in [-0.4, -0.2) is 25.6 Å². The van der Waals surface area contributed by atoms with Gasteiger partial charge in [0.15, 0.2) is 8.32 Å². The van der Waals surface area contributed by atoms with E-state index < -0.39 is 14.4 Å². The molecule has 0 radical (unpaired) electrons. The number of fused-ring (bicyclic) bond motifs is 1. The van der Waals surface area contributed by atoms with Crippen molar-refractivity contribution in [3.63, 3.8) is 0 Å². The molecule has 0 amide bonds. The SMILES string of the molecule is C=C1/C(=C/C=C2\CCC[C@]3(C)[C@@H]([C@H](C)/C=C/[C@H](C)C(C)C)CC[C@@H]23)C[C@@H](O[Si](C)(C)C(C)(C)C)CC1O. The molecular formula is C34H58O2Si. The number of aliphatic hydroxyl groups excluding tert-OH is 1. The number of allylic oxidation sites excluding steroid dienone is 5. The van der Waals surface area contributed by atoms with Gasteiger partial charge in [0.25, 0.3) is 0 Å². The molecule has 2 nitrogen and oxygen atoms in total. The molecule has 3 saturated carbocycles. The molecule has 0 aromatic heterocycles. The molecule has 3 heteroatoms. The topological polar surface area (TPSA) is 29.5 Å². The first kappa shape index (κ1) is 30.6. The maximum atomic E-state index is 10.8. The van der Waals surface area contributed by atoms with Crippen molar-refractivity contribution in [2.75, 3.05) is 0 Å². The minimum Gasteiger partial charge on any atom is -0.413 e. The maximum Gasteiger partial charge on any atom is 0.192 e. The fraction of sp³-hybridized carbons (Fsp3) is 0.765. The molecule has 0 aromatic rings. The van der Waals surface area contributed by atoms with Crippen LogP contribution in [0.25, 0.3) is 0 Å². The van der Waals surface area contributed by atoms with E-state index in [0.717, 1.165) is 17.9 Å². The summed E-state index contributed by atoms with van der Waals surface area (Å²) in [5.41, 5.74) is 4.11. The molecule has 0 spiro atoms. The van der Waals surface area contributed by atoms with Gasteiger partial charge in [-0.3, -0.25) is 0 Å². The van der Waals surface area contributed by atoms with Crippen LogP contribution in [0.4, 0.5) is 0 Å². The van der Waals surface area contributed by atoms with Gasteiger partial charge in [-0.25, -0.2) is 0 Å². The number of hydrogen-bond acceptors (Lipinski definition) is 2. The van der Waals surface area contributed by atoms with Crippen molar-refractivity contribution in [3.8, 4) is 0 Å². The molecule has 3 aliphatic carbocycles. The molecule has 37 heavy (non-hydrogen) atoms. The highest BCUT2D eigenvalue weighted by Crippen LogP contribution is 2.59. The zero-order valence-corrected chi connectivity index (χ0v) is 26.9. The third-order valence-corrected chi connectivity index (χ3v) is 15.5. The molecule has 210 valence electrons. The largest absolute Gasteiger partial charge is 0.413 e. The third-order valence-electron chi connectivity index (χ3n) is 11.0. The first-order valence-electron chi connectivity index (χ1n) is 15.2. The molecule has 0 bridgehead atoms. The highest BCUT2D eigenvalue weighted by molar-refractivity contribution is 6.74. The Hall–Kier alpha value is -0.903. The first-order valence-corrected chi connectivity index (χ1v) is 18.1. The number of aliphatic hydroxyl groups is 1. The van der Waals surface area contributed by atoms with E-state index in [4.69, 9.17) is 4.43 Å². The molecule has 3 fully saturated rings. The maximum absolute atomic E-state index is 10.8. The molecule has 1 unspecified atom stereocenters. The average Bonchev–Trinajstić information content (AvgIpc) is 3.15. The van der Waals surface area contributed by atoms with Gasteiger partial charge in [-0.05, 0) is 103 Å². The predicted molar refractivity (Wildman–Crippen MR) is 163 cm³/mol. The molecule has 0 aromatic carbocycles. The molecule has 0 saturated heterocycles. The normalized spacial score (nSPS) is 35.5. The number of rotatable bonds is 7. The van der Waals surface area contributed by atoms with Crippen LogP contribution in [0.1, 0.15) is 100 Å². The Balaban J connectivity index is 1.77. The molecule has 1 N–H and O–H groups in total. The minimum absolute atomic E-state index is 0.0828. The molecule has 7 atom stereocenters. The van der Waals surface area contributed by atoms with E-state index in [1.54, 1.807) is 5.57 Å². The van der Waals surface area contributed by atoms with Crippen molar-refractivity contribution in [3.05, 3.63) is 47.6 Å². The van der Waals surface area contributed by atoms with Gasteiger partial charge in [0.05, 0.1) is 12.2 Å². The Labute approximate surface area is 230 Å². The van der Waals surface area contributed by atoms with E-state index >= 15 is 0 Å². The van der Waals surface area contributed by atoms with Crippen LogP contribution < -0.4 is 0 Å². The number of hydrogen-bond donors (Lipinski definition) is 1. The lowest BCUT2D eigenvalue weighted by molar-refractivity contribution is 0.0924. The summed E-state index contributed by atoms with van der Waals surface area (Å²) in [6, 6.07) is 0. The van der Waals surface area contributed by atoms with E-state index in [-0.39, 0.29) is 11.1 Å². The fourth-order valence-electron chi connectivity index (χ4n) is 6.98. The van der Waals surface area contributed by atoms with Crippen LogP contribution in [0.5, 0.6) is 0 Å².